The summed E-state index contributed by atoms with van der Waals surface area (Å²) in [5.74, 6) is -0.544. The Balaban J connectivity index is 2.11. The molecule has 18 heavy (non-hydrogen) atoms. The van der Waals surface area contributed by atoms with Crippen molar-refractivity contribution in [2.24, 2.45) is 10.1 Å². The molecule has 1 aliphatic heterocycles. The number of hydrogen-bond donors (Lipinski definition) is 3. The van der Waals surface area contributed by atoms with E-state index in [1.807, 2.05) is 0 Å². The summed E-state index contributed by atoms with van der Waals surface area (Å²) in [5.41, 5.74) is 2.99. The summed E-state index contributed by atoms with van der Waals surface area (Å²) >= 11 is 1.25. The van der Waals surface area contributed by atoms with Gasteiger partial charge in [-0.15, -0.1) is 5.10 Å². The molecule has 1 aromatic rings. The van der Waals surface area contributed by atoms with Crippen molar-refractivity contribution in [3.8, 4) is 11.5 Å². The van der Waals surface area contributed by atoms with Crippen molar-refractivity contribution in [2.45, 2.75) is 12.2 Å². The quantitative estimate of drug-likeness (QED) is 0.522. The van der Waals surface area contributed by atoms with Gasteiger partial charge in [-0.1, -0.05) is 11.8 Å². The van der Waals surface area contributed by atoms with Gasteiger partial charge >= 0.3 is 0 Å². The molecule has 7 heteroatoms. The number of amides is 1. The lowest BCUT2D eigenvalue weighted by molar-refractivity contribution is -0.120. The third-order valence-corrected chi connectivity index (χ3v) is 3.21. The molecule has 6 nitrogen and oxygen atoms in total. The Bertz CT molecular complexity index is 542. The lowest BCUT2D eigenvalue weighted by atomic mass is 10.2. The first-order valence-electron chi connectivity index (χ1n) is 5.16. The first kappa shape index (κ1) is 12.4. The summed E-state index contributed by atoms with van der Waals surface area (Å²) < 4.78 is 0. The number of carbonyl (C=O) groups excluding carboxylic acids is 1. The van der Waals surface area contributed by atoms with E-state index in [-0.39, 0.29) is 22.7 Å². The van der Waals surface area contributed by atoms with Crippen molar-refractivity contribution in [2.75, 3.05) is 0 Å². The van der Waals surface area contributed by atoms with Gasteiger partial charge in [-0.2, -0.15) is 0 Å². The number of phenols is 2. The van der Waals surface area contributed by atoms with Crippen LogP contribution in [0.15, 0.2) is 28.3 Å². The number of rotatable bonds is 1. The third-order valence-electron chi connectivity index (χ3n) is 2.24. The molecule has 0 fully saturated rings. The average molecular weight is 265 g/mol. The Morgan fingerprint density at radius 2 is 2.22 bits per heavy atom. The van der Waals surface area contributed by atoms with Crippen molar-refractivity contribution in [3.05, 3.63) is 23.8 Å². The van der Waals surface area contributed by atoms with Crippen LogP contribution >= 0.6 is 11.8 Å². The molecule has 1 aromatic carbocycles. The Kier molecular flexibility index (Phi) is 3.52. The van der Waals surface area contributed by atoms with Crippen molar-refractivity contribution in [3.63, 3.8) is 0 Å². The van der Waals surface area contributed by atoms with Crippen molar-refractivity contribution >= 4 is 29.1 Å². The number of phenolic OH excluding ortho intramolecular Hbond substituents is 2. The fourth-order valence-corrected chi connectivity index (χ4v) is 1.93. The van der Waals surface area contributed by atoms with Crippen LogP contribution in [-0.2, 0) is 4.79 Å². The summed E-state index contributed by atoms with van der Waals surface area (Å²) in [4.78, 5) is 15.2. The van der Waals surface area contributed by atoms with E-state index in [4.69, 9.17) is 5.11 Å². The van der Waals surface area contributed by atoms with Gasteiger partial charge in [0.25, 0.3) is 5.91 Å². The van der Waals surface area contributed by atoms with Crippen LogP contribution in [0.1, 0.15) is 12.5 Å². The number of hydrazone groups is 1. The zero-order valence-corrected chi connectivity index (χ0v) is 10.3. The third kappa shape index (κ3) is 2.80. The summed E-state index contributed by atoms with van der Waals surface area (Å²) in [6, 6.07) is 4.36. The number of aliphatic imine (C=N–C) groups is 1. The highest BCUT2D eigenvalue weighted by Crippen LogP contribution is 2.24. The number of nitrogens with zero attached hydrogens (tertiary/aromatic N) is 2. The topological polar surface area (TPSA) is 94.3 Å². The van der Waals surface area contributed by atoms with Gasteiger partial charge in [-0.05, 0) is 30.7 Å². The van der Waals surface area contributed by atoms with Crippen LogP contribution in [0.4, 0.5) is 0 Å². The molecule has 1 aliphatic rings. The summed E-state index contributed by atoms with van der Waals surface area (Å²) in [6.45, 7) is 1.76. The second-order valence-electron chi connectivity index (χ2n) is 3.64. The van der Waals surface area contributed by atoms with Gasteiger partial charge in [0, 0.05) is 6.21 Å². The fraction of sp³-hybridized carbons (Fsp3) is 0.182. The van der Waals surface area contributed by atoms with Crippen molar-refractivity contribution < 1.29 is 15.0 Å². The van der Waals surface area contributed by atoms with E-state index in [0.717, 1.165) is 0 Å². The largest absolute Gasteiger partial charge is 0.504 e. The molecule has 0 radical (unpaired) electrons. The molecule has 0 saturated carbocycles. The standard InChI is InChI=1S/C11H11N3O3S/c1-6-10(17)13-14-11(18-6)12-5-7-2-3-8(15)9(16)4-7/h2-6,15-16H,1H3,(H,13,17)/b12-5+/t6-/m0/s1. The normalized spacial score (nSPS) is 19.7. The van der Waals surface area contributed by atoms with E-state index < -0.39 is 0 Å². The Morgan fingerprint density at radius 1 is 1.44 bits per heavy atom. The number of benzene rings is 1. The molecule has 0 saturated heterocycles. The number of thioether (sulfide) groups is 1. The number of amidine groups is 1. The molecule has 0 bridgehead atoms. The van der Waals surface area contributed by atoms with E-state index in [1.165, 1.54) is 30.1 Å². The lowest BCUT2D eigenvalue weighted by Gasteiger charge is -2.13. The predicted molar refractivity (Wildman–Crippen MR) is 70.0 cm³/mol. The minimum atomic E-state index is -0.233. The lowest BCUT2D eigenvalue weighted by Crippen LogP contribution is -2.32. The second kappa shape index (κ2) is 5.09. The molecular weight excluding hydrogens is 254 g/mol. The molecule has 94 valence electrons. The zero-order valence-electron chi connectivity index (χ0n) is 9.49. The van der Waals surface area contributed by atoms with E-state index in [2.05, 4.69) is 15.5 Å². The van der Waals surface area contributed by atoms with Gasteiger partial charge < -0.3 is 10.2 Å². The molecule has 2 rings (SSSR count). The maximum atomic E-state index is 11.1. The van der Waals surface area contributed by atoms with Crippen molar-refractivity contribution in [1.29, 1.82) is 0 Å². The molecule has 1 heterocycles. The monoisotopic (exact) mass is 265 g/mol. The minimum Gasteiger partial charge on any atom is -0.504 e. The Labute approximate surface area is 107 Å². The molecular formula is C11H11N3O3S. The SMILES string of the molecule is C[C@@H]1SC(/N=C/c2ccc(O)c(O)c2)=NNC1=O. The summed E-state index contributed by atoms with van der Waals surface area (Å²) in [7, 11) is 0. The molecule has 1 atom stereocenters. The van der Waals surface area contributed by atoms with Gasteiger partial charge in [0.15, 0.2) is 11.5 Å². The fourth-order valence-electron chi connectivity index (χ4n) is 1.24. The highest BCUT2D eigenvalue weighted by molar-refractivity contribution is 8.15. The number of aromatic hydroxyl groups is 2. The molecule has 0 aromatic heterocycles. The first-order valence-corrected chi connectivity index (χ1v) is 6.04. The van der Waals surface area contributed by atoms with Gasteiger partial charge in [0.1, 0.15) is 0 Å². The van der Waals surface area contributed by atoms with Gasteiger partial charge in [-0.3, -0.25) is 4.79 Å². The Morgan fingerprint density at radius 3 is 2.89 bits per heavy atom. The van der Waals surface area contributed by atoms with Gasteiger partial charge in [0.2, 0.25) is 5.17 Å². The minimum absolute atomic E-state index is 0.152. The number of nitrogens with one attached hydrogen (secondary N) is 1. The van der Waals surface area contributed by atoms with Crippen LogP contribution in [0.5, 0.6) is 11.5 Å². The molecule has 0 aliphatic carbocycles. The van der Waals surface area contributed by atoms with E-state index >= 15 is 0 Å². The van der Waals surface area contributed by atoms with Crippen LogP contribution in [0.2, 0.25) is 0 Å². The van der Waals surface area contributed by atoms with Crippen molar-refractivity contribution in [1.82, 2.24) is 5.43 Å². The Hall–Kier alpha value is -2.02. The van der Waals surface area contributed by atoms with Gasteiger partial charge in [0.05, 0.1) is 5.25 Å². The highest BCUT2D eigenvalue weighted by atomic mass is 32.2. The zero-order chi connectivity index (χ0) is 13.1. The summed E-state index contributed by atoms with van der Waals surface area (Å²) in [6.07, 6.45) is 1.50. The van der Waals surface area contributed by atoms with Gasteiger partial charge in [-0.25, -0.2) is 10.4 Å². The number of hydrogen-bond acceptors (Lipinski definition) is 6. The molecule has 1 amide bonds. The number of carbonyl (C=O) groups is 1. The van der Waals surface area contributed by atoms with E-state index in [1.54, 1.807) is 13.0 Å². The van der Waals surface area contributed by atoms with Crippen LogP contribution in [0.25, 0.3) is 0 Å². The van der Waals surface area contributed by atoms with Crippen LogP contribution in [-0.4, -0.2) is 32.8 Å². The highest BCUT2D eigenvalue weighted by Gasteiger charge is 2.20. The first-order chi connectivity index (χ1) is 8.56. The average Bonchev–Trinajstić information content (AvgIpc) is 2.35. The molecule has 3 N–H and O–H groups in total. The van der Waals surface area contributed by atoms with Crippen LogP contribution in [0, 0.1) is 0 Å². The van der Waals surface area contributed by atoms with E-state index in [0.29, 0.717) is 10.7 Å². The maximum Gasteiger partial charge on any atom is 0.253 e. The summed E-state index contributed by atoms with van der Waals surface area (Å²) in [5, 5.41) is 22.5. The molecule has 0 unspecified atom stereocenters. The van der Waals surface area contributed by atoms with Crippen LogP contribution in [0.3, 0.4) is 0 Å². The van der Waals surface area contributed by atoms with E-state index in [9.17, 15) is 9.90 Å². The second-order valence-corrected chi connectivity index (χ2v) is 4.94. The van der Waals surface area contributed by atoms with Crippen LogP contribution < -0.4 is 5.43 Å². The smallest absolute Gasteiger partial charge is 0.253 e. The molecule has 0 spiro atoms. The predicted octanol–water partition coefficient (Wildman–Crippen LogP) is 1.04. The maximum absolute atomic E-state index is 11.1.